The van der Waals surface area contributed by atoms with E-state index < -0.39 is 0 Å². The average Bonchev–Trinajstić information content (AvgIpc) is 2.69. The summed E-state index contributed by atoms with van der Waals surface area (Å²) in [6.07, 6.45) is 5.48. The third-order valence-electron chi connectivity index (χ3n) is 3.69. The minimum atomic E-state index is 0.692. The Morgan fingerprint density at radius 3 is 3.07 bits per heavy atom. The fourth-order valence-corrected chi connectivity index (χ4v) is 2.89. The van der Waals surface area contributed by atoms with Crippen LogP contribution >= 0.6 is 11.6 Å². The van der Waals surface area contributed by atoms with E-state index in [0.717, 1.165) is 12.6 Å². The molecule has 0 aromatic carbocycles. The number of hydrogen-bond donors (Lipinski definition) is 1. The van der Waals surface area contributed by atoms with Crippen molar-refractivity contribution < 1.29 is 0 Å². The van der Waals surface area contributed by atoms with Crippen LogP contribution in [0.4, 0.5) is 0 Å². The summed E-state index contributed by atoms with van der Waals surface area (Å²) in [6, 6.07) is 1.48. The topological polar surface area (TPSA) is 15.3 Å². The van der Waals surface area contributed by atoms with Crippen LogP contribution in [0.3, 0.4) is 0 Å². The van der Waals surface area contributed by atoms with Gasteiger partial charge in [-0.15, -0.1) is 0 Å². The molecule has 2 fully saturated rings. The van der Waals surface area contributed by atoms with Crippen LogP contribution in [0, 0.1) is 0 Å². The number of fused-ring (bicyclic) bond motifs is 1. The van der Waals surface area contributed by atoms with Crippen molar-refractivity contribution in [2.45, 2.75) is 44.7 Å². The van der Waals surface area contributed by atoms with E-state index in [4.69, 9.17) is 11.6 Å². The van der Waals surface area contributed by atoms with Crippen molar-refractivity contribution in [3.8, 4) is 0 Å². The molecule has 2 unspecified atom stereocenters. The second-order valence-electron chi connectivity index (χ2n) is 4.83. The van der Waals surface area contributed by atoms with Crippen molar-refractivity contribution in [3.05, 3.63) is 11.1 Å². The van der Waals surface area contributed by atoms with Gasteiger partial charge < -0.3 is 5.32 Å². The minimum Gasteiger partial charge on any atom is -0.309 e. The molecule has 1 N–H and O–H groups in total. The van der Waals surface area contributed by atoms with Gasteiger partial charge in [0.15, 0.2) is 0 Å². The zero-order valence-electron chi connectivity index (χ0n) is 9.51. The first-order valence-electron chi connectivity index (χ1n) is 6.04. The highest BCUT2D eigenvalue weighted by atomic mass is 35.5. The second kappa shape index (κ2) is 5.33. The van der Waals surface area contributed by atoms with Crippen molar-refractivity contribution in [1.29, 1.82) is 0 Å². The Balaban J connectivity index is 1.83. The molecular formula is C12H21ClN2. The molecule has 15 heavy (non-hydrogen) atoms. The van der Waals surface area contributed by atoms with E-state index in [-0.39, 0.29) is 0 Å². The van der Waals surface area contributed by atoms with Crippen LogP contribution in [0.25, 0.3) is 0 Å². The molecule has 0 saturated carbocycles. The third kappa shape index (κ3) is 2.74. The first kappa shape index (κ1) is 11.4. The van der Waals surface area contributed by atoms with Gasteiger partial charge in [-0.1, -0.05) is 18.0 Å². The van der Waals surface area contributed by atoms with Gasteiger partial charge >= 0.3 is 0 Å². The largest absolute Gasteiger partial charge is 0.309 e. The van der Waals surface area contributed by atoms with Crippen LogP contribution in [0.1, 0.15) is 32.6 Å². The summed E-state index contributed by atoms with van der Waals surface area (Å²) in [5.74, 6) is 0. The quantitative estimate of drug-likeness (QED) is 0.798. The number of hydrogen-bond acceptors (Lipinski definition) is 2. The molecular weight excluding hydrogens is 208 g/mol. The monoisotopic (exact) mass is 228 g/mol. The highest BCUT2D eigenvalue weighted by Gasteiger charge is 2.34. The summed E-state index contributed by atoms with van der Waals surface area (Å²) >= 11 is 5.66. The fourth-order valence-electron chi connectivity index (χ4n) is 2.82. The molecule has 3 heteroatoms. The Hall–Kier alpha value is -0.0500. The number of rotatable bonds is 3. The van der Waals surface area contributed by atoms with Gasteiger partial charge in [0.05, 0.1) is 0 Å². The average molecular weight is 229 g/mol. The zero-order chi connectivity index (χ0) is 10.7. The Bertz CT molecular complexity index is 240. The van der Waals surface area contributed by atoms with Crippen molar-refractivity contribution in [2.24, 2.45) is 0 Å². The Morgan fingerprint density at radius 1 is 1.40 bits per heavy atom. The summed E-state index contributed by atoms with van der Waals surface area (Å²) in [5, 5.41) is 3.64. The molecule has 2 heterocycles. The minimum absolute atomic E-state index is 0.692. The van der Waals surface area contributed by atoms with Crippen LogP contribution in [0.2, 0.25) is 0 Å². The fraction of sp³-hybridized carbons (Fsp3) is 0.833. The van der Waals surface area contributed by atoms with E-state index in [1.165, 1.54) is 44.3 Å². The highest BCUT2D eigenvalue weighted by Crippen LogP contribution is 2.27. The lowest BCUT2D eigenvalue weighted by Crippen LogP contribution is -2.45. The van der Waals surface area contributed by atoms with E-state index >= 15 is 0 Å². The first-order chi connectivity index (χ1) is 7.31. The van der Waals surface area contributed by atoms with Crippen LogP contribution in [-0.2, 0) is 0 Å². The number of nitrogens with one attached hydrogen (secondary N) is 1. The van der Waals surface area contributed by atoms with Crippen LogP contribution in [-0.4, -0.2) is 36.6 Å². The predicted molar refractivity (Wildman–Crippen MR) is 65.2 cm³/mol. The Labute approximate surface area is 97.7 Å². The number of piperidine rings is 1. The molecule has 2 aliphatic rings. The molecule has 2 atom stereocenters. The molecule has 0 amide bonds. The van der Waals surface area contributed by atoms with Gasteiger partial charge in [-0.2, -0.15) is 0 Å². The number of nitrogens with zero attached hydrogens (tertiary/aromatic N) is 1. The van der Waals surface area contributed by atoms with E-state index in [1.807, 2.05) is 0 Å². The lowest BCUT2D eigenvalue weighted by atomic mass is 9.99. The van der Waals surface area contributed by atoms with Gasteiger partial charge in [-0.25, -0.2) is 0 Å². The molecule has 0 spiro atoms. The molecule has 0 bridgehead atoms. The lowest BCUT2D eigenvalue weighted by Gasteiger charge is -2.32. The zero-order valence-corrected chi connectivity index (χ0v) is 10.3. The molecule has 2 nitrogen and oxygen atoms in total. The van der Waals surface area contributed by atoms with Gasteiger partial charge in [0.2, 0.25) is 0 Å². The summed E-state index contributed by atoms with van der Waals surface area (Å²) in [4.78, 5) is 2.65. The maximum Gasteiger partial charge on any atom is 0.0249 e. The Morgan fingerprint density at radius 2 is 2.27 bits per heavy atom. The smallest absolute Gasteiger partial charge is 0.0249 e. The van der Waals surface area contributed by atoms with Crippen LogP contribution in [0.15, 0.2) is 11.1 Å². The standard InChI is InChI=1S/C12H21ClN2/c1-10(8-13)9-14-11-5-7-15-6-3-2-4-12(11)15/h8,11-12,14H,2-7,9H2,1H3. The molecule has 0 radical (unpaired) electrons. The van der Waals surface area contributed by atoms with Crippen molar-refractivity contribution >= 4 is 11.6 Å². The Kier molecular flexibility index (Phi) is 4.06. The highest BCUT2D eigenvalue weighted by molar-refractivity contribution is 6.25. The van der Waals surface area contributed by atoms with Crippen molar-refractivity contribution in [3.63, 3.8) is 0 Å². The summed E-state index contributed by atoms with van der Waals surface area (Å²) in [7, 11) is 0. The maximum atomic E-state index is 5.66. The molecule has 2 aliphatic heterocycles. The molecule has 2 saturated heterocycles. The molecule has 86 valence electrons. The second-order valence-corrected chi connectivity index (χ2v) is 5.05. The van der Waals surface area contributed by atoms with E-state index in [9.17, 15) is 0 Å². The van der Waals surface area contributed by atoms with Gasteiger partial charge in [0.25, 0.3) is 0 Å². The first-order valence-corrected chi connectivity index (χ1v) is 6.48. The van der Waals surface area contributed by atoms with Crippen LogP contribution in [0.5, 0.6) is 0 Å². The van der Waals surface area contributed by atoms with Gasteiger partial charge in [-0.3, -0.25) is 4.90 Å². The molecule has 0 aliphatic carbocycles. The van der Waals surface area contributed by atoms with E-state index in [1.54, 1.807) is 5.54 Å². The van der Waals surface area contributed by atoms with Crippen LogP contribution < -0.4 is 5.32 Å². The predicted octanol–water partition coefficient (Wildman–Crippen LogP) is 2.35. The molecule has 0 aromatic rings. The summed E-state index contributed by atoms with van der Waals surface area (Å²) in [5.41, 5.74) is 2.91. The van der Waals surface area contributed by atoms with E-state index in [2.05, 4.69) is 17.1 Å². The molecule has 2 rings (SSSR count). The third-order valence-corrected chi connectivity index (χ3v) is 4.06. The van der Waals surface area contributed by atoms with E-state index in [0.29, 0.717) is 6.04 Å². The van der Waals surface area contributed by atoms with Gasteiger partial charge in [0.1, 0.15) is 0 Å². The van der Waals surface area contributed by atoms with Crippen molar-refractivity contribution in [1.82, 2.24) is 10.2 Å². The lowest BCUT2D eigenvalue weighted by molar-refractivity contribution is 0.181. The summed E-state index contributed by atoms with van der Waals surface area (Å²) in [6.45, 7) is 5.62. The SMILES string of the molecule is CC(=CCl)CNC1CCN2CCCCC12. The molecule has 0 aromatic heterocycles. The maximum absolute atomic E-state index is 5.66. The number of halogens is 1. The summed E-state index contributed by atoms with van der Waals surface area (Å²) < 4.78 is 0. The normalized spacial score (nSPS) is 33.1. The van der Waals surface area contributed by atoms with Crippen molar-refractivity contribution in [2.75, 3.05) is 19.6 Å². The van der Waals surface area contributed by atoms with Gasteiger partial charge in [-0.05, 0) is 38.3 Å². The van der Waals surface area contributed by atoms with Gasteiger partial charge in [0, 0.05) is 30.7 Å².